The lowest BCUT2D eigenvalue weighted by molar-refractivity contribution is -0.156. The Morgan fingerprint density at radius 1 is 1.05 bits per heavy atom. The number of nitrogens with zero attached hydrogens (tertiary/aromatic N) is 3. The average molecular weight is 525 g/mol. The average Bonchev–Trinajstić information content (AvgIpc) is 3.36. The largest absolute Gasteiger partial charge is 0.455 e. The zero-order chi connectivity index (χ0) is 26.3. The van der Waals surface area contributed by atoms with Crippen LogP contribution in [0.5, 0.6) is 0 Å². The third-order valence-electron chi connectivity index (χ3n) is 5.00. The van der Waals surface area contributed by atoms with Gasteiger partial charge in [0.25, 0.3) is 5.91 Å². The molecule has 3 N–H and O–H groups in total. The number of para-hydroxylation sites is 1. The summed E-state index contributed by atoms with van der Waals surface area (Å²) < 4.78 is 41.6. The summed E-state index contributed by atoms with van der Waals surface area (Å²) in [6.45, 7) is -1.09. The summed E-state index contributed by atoms with van der Waals surface area (Å²) in [7, 11) is 0. The van der Waals surface area contributed by atoms with E-state index in [1.54, 1.807) is 18.3 Å². The summed E-state index contributed by atoms with van der Waals surface area (Å²) in [4.78, 5) is 21.0. The summed E-state index contributed by atoms with van der Waals surface area (Å²) in [5.41, 5.74) is 3.40. The highest BCUT2D eigenvalue weighted by atomic mass is 32.1. The van der Waals surface area contributed by atoms with E-state index in [2.05, 4.69) is 30.7 Å². The van der Waals surface area contributed by atoms with Crippen LogP contribution in [0.2, 0.25) is 0 Å². The Labute approximate surface area is 213 Å². The molecule has 2 aromatic carbocycles. The molecule has 0 fully saturated rings. The normalized spacial score (nSPS) is 11.6. The Kier molecular flexibility index (Phi) is 7.85. The molecule has 0 saturated heterocycles. The second-order valence-corrected chi connectivity index (χ2v) is 8.50. The van der Waals surface area contributed by atoms with Crippen LogP contribution in [0.1, 0.15) is 15.2 Å². The number of anilines is 3. The van der Waals surface area contributed by atoms with Crippen molar-refractivity contribution in [2.24, 2.45) is 4.99 Å². The van der Waals surface area contributed by atoms with E-state index in [1.807, 2.05) is 41.8 Å². The van der Waals surface area contributed by atoms with Crippen LogP contribution >= 0.6 is 11.3 Å². The van der Waals surface area contributed by atoms with E-state index in [9.17, 15) is 18.0 Å². The molecule has 0 aliphatic carbocycles. The summed E-state index contributed by atoms with van der Waals surface area (Å²) in [5, 5.41) is 20.1. The van der Waals surface area contributed by atoms with Crippen LogP contribution in [0.15, 0.2) is 77.2 Å². The molecule has 0 atom stereocenters. The minimum atomic E-state index is -4.58. The number of rotatable bonds is 7. The number of ether oxygens (including phenoxy) is 1. The van der Waals surface area contributed by atoms with Gasteiger partial charge in [-0.25, -0.2) is 0 Å². The highest BCUT2D eigenvalue weighted by molar-refractivity contribution is 7.12. The zero-order valence-corrected chi connectivity index (χ0v) is 19.9. The van der Waals surface area contributed by atoms with Gasteiger partial charge < -0.3 is 20.7 Å². The molecule has 0 saturated carbocycles. The van der Waals surface area contributed by atoms with E-state index in [-0.39, 0.29) is 5.91 Å². The maximum Gasteiger partial charge on any atom is 0.422 e. The first-order chi connectivity index (χ1) is 17.8. The van der Waals surface area contributed by atoms with Crippen molar-refractivity contribution in [1.82, 2.24) is 4.98 Å². The van der Waals surface area contributed by atoms with Crippen molar-refractivity contribution in [1.29, 1.82) is 5.26 Å². The third-order valence-corrected chi connectivity index (χ3v) is 5.91. The van der Waals surface area contributed by atoms with Gasteiger partial charge in [-0.05, 0) is 53.4 Å². The van der Waals surface area contributed by atoms with Gasteiger partial charge in [0.2, 0.25) is 6.19 Å². The van der Waals surface area contributed by atoms with Crippen LogP contribution in [0, 0.1) is 11.5 Å². The molecule has 188 valence electrons. The standard InChI is InChI=1S/C25H19F3N6O2S/c26-25(27,28)14-36-24(32-15-29)34-18-7-5-17(6-8-18)33-23(35)22-21(10-12-37-22)31-13-16-9-11-30-20-4-2-1-3-19(16)20/h1-12,31H,13-14H2,(H,32,34)(H,33,35). The van der Waals surface area contributed by atoms with Gasteiger partial charge in [0.15, 0.2) is 6.61 Å². The molecular weight excluding hydrogens is 505 g/mol. The van der Waals surface area contributed by atoms with E-state index in [4.69, 9.17) is 5.26 Å². The van der Waals surface area contributed by atoms with Crippen LogP contribution in [-0.4, -0.2) is 29.7 Å². The summed E-state index contributed by atoms with van der Waals surface area (Å²) in [5.74, 6) is -0.321. The number of aliphatic imine (C=N–C) groups is 1. The minimum absolute atomic E-state index is 0.317. The summed E-state index contributed by atoms with van der Waals surface area (Å²) >= 11 is 1.29. The predicted molar refractivity (Wildman–Crippen MR) is 136 cm³/mol. The number of alkyl halides is 3. The number of hydrogen-bond donors (Lipinski definition) is 3. The van der Waals surface area contributed by atoms with Gasteiger partial charge in [-0.15, -0.1) is 16.3 Å². The smallest absolute Gasteiger partial charge is 0.422 e. The van der Waals surface area contributed by atoms with Crippen molar-refractivity contribution in [2.45, 2.75) is 12.7 Å². The van der Waals surface area contributed by atoms with Crippen molar-refractivity contribution < 1.29 is 22.7 Å². The van der Waals surface area contributed by atoms with Crippen molar-refractivity contribution in [3.8, 4) is 6.19 Å². The lowest BCUT2D eigenvalue weighted by atomic mass is 10.1. The molecule has 2 aromatic heterocycles. The van der Waals surface area contributed by atoms with Crippen molar-refractivity contribution in [2.75, 3.05) is 22.6 Å². The highest BCUT2D eigenvalue weighted by Gasteiger charge is 2.29. The Bertz CT molecular complexity index is 1460. The fourth-order valence-corrected chi connectivity index (χ4v) is 4.13. The number of amidine groups is 1. The number of amides is 1. The molecule has 0 bridgehead atoms. The lowest BCUT2D eigenvalue weighted by Crippen LogP contribution is -2.24. The van der Waals surface area contributed by atoms with Crippen LogP contribution < -0.4 is 16.0 Å². The Hall–Kier alpha value is -4.63. The van der Waals surface area contributed by atoms with Crippen molar-refractivity contribution in [3.05, 3.63) is 82.7 Å². The Morgan fingerprint density at radius 3 is 2.51 bits per heavy atom. The van der Waals surface area contributed by atoms with Gasteiger partial charge in [-0.3, -0.25) is 9.78 Å². The Balaban J connectivity index is 1.38. The molecule has 4 aromatic rings. The van der Waals surface area contributed by atoms with Gasteiger partial charge in [-0.1, -0.05) is 18.2 Å². The quantitative estimate of drug-likeness (QED) is 0.156. The number of aromatic nitrogens is 1. The van der Waals surface area contributed by atoms with Crippen LogP contribution in [0.4, 0.5) is 30.2 Å². The van der Waals surface area contributed by atoms with Crippen LogP contribution in [-0.2, 0) is 11.3 Å². The second-order valence-electron chi connectivity index (χ2n) is 7.58. The number of pyridine rings is 1. The summed E-state index contributed by atoms with van der Waals surface area (Å²) in [6, 6.07) is 17.1. The van der Waals surface area contributed by atoms with E-state index >= 15 is 0 Å². The second kappa shape index (κ2) is 11.4. The number of thiophene rings is 1. The van der Waals surface area contributed by atoms with Crippen molar-refractivity contribution in [3.63, 3.8) is 0 Å². The Morgan fingerprint density at radius 2 is 1.78 bits per heavy atom. The topological polar surface area (TPSA) is 111 Å². The number of hydrogen-bond acceptors (Lipinski definition) is 7. The number of nitriles is 1. The molecule has 0 aliphatic heterocycles. The fourth-order valence-electron chi connectivity index (χ4n) is 3.36. The number of benzene rings is 2. The third kappa shape index (κ3) is 6.96. The first-order valence-electron chi connectivity index (χ1n) is 10.8. The zero-order valence-electron chi connectivity index (χ0n) is 19.0. The first-order valence-corrected chi connectivity index (χ1v) is 11.7. The molecule has 8 nitrogen and oxygen atoms in total. The predicted octanol–water partition coefficient (Wildman–Crippen LogP) is 5.99. The number of carbonyl (C=O) groups excluding carboxylic acids is 1. The number of carbonyl (C=O) groups is 1. The number of fused-ring (bicyclic) bond motifs is 1. The molecule has 12 heteroatoms. The fraction of sp³-hybridized carbons (Fsp3) is 0.120. The lowest BCUT2D eigenvalue weighted by Gasteiger charge is -2.13. The molecule has 0 spiro atoms. The highest BCUT2D eigenvalue weighted by Crippen LogP contribution is 2.26. The van der Waals surface area contributed by atoms with Gasteiger partial charge in [-0.2, -0.15) is 18.4 Å². The van der Waals surface area contributed by atoms with E-state index in [1.165, 1.54) is 29.7 Å². The SMILES string of the molecule is N#C/N=C(/Nc1ccc(NC(=O)c2sccc2NCc2ccnc3ccccc23)cc1)OCC(F)(F)F. The maximum absolute atomic E-state index is 12.9. The van der Waals surface area contributed by atoms with Crippen molar-refractivity contribution >= 4 is 51.2 Å². The maximum atomic E-state index is 12.9. The van der Waals surface area contributed by atoms with Gasteiger partial charge in [0.1, 0.15) is 4.88 Å². The van der Waals surface area contributed by atoms with E-state index < -0.39 is 18.8 Å². The summed E-state index contributed by atoms with van der Waals surface area (Å²) in [6.07, 6.45) is -1.45. The van der Waals surface area contributed by atoms with Crippen LogP contribution in [0.3, 0.4) is 0 Å². The minimum Gasteiger partial charge on any atom is -0.455 e. The molecule has 0 unspecified atom stereocenters. The molecule has 0 aliphatic rings. The molecule has 4 rings (SSSR count). The molecule has 0 radical (unpaired) electrons. The molecule has 1 amide bonds. The molecular formula is C25H19F3N6O2S. The first kappa shape index (κ1) is 25.5. The van der Waals surface area contributed by atoms with Gasteiger partial charge in [0.05, 0.1) is 11.2 Å². The monoisotopic (exact) mass is 524 g/mol. The van der Waals surface area contributed by atoms with Gasteiger partial charge >= 0.3 is 12.2 Å². The molecule has 37 heavy (non-hydrogen) atoms. The number of halogens is 3. The molecule has 2 heterocycles. The number of nitrogens with one attached hydrogen (secondary N) is 3. The van der Waals surface area contributed by atoms with E-state index in [0.717, 1.165) is 16.5 Å². The van der Waals surface area contributed by atoms with Crippen LogP contribution in [0.25, 0.3) is 10.9 Å². The van der Waals surface area contributed by atoms with Gasteiger partial charge in [0, 0.05) is 29.5 Å². The van der Waals surface area contributed by atoms with E-state index in [0.29, 0.717) is 28.5 Å².